The van der Waals surface area contributed by atoms with Crippen LogP contribution in [0.2, 0.25) is 0 Å². The van der Waals surface area contributed by atoms with Crippen molar-refractivity contribution in [1.82, 2.24) is 14.2 Å². The summed E-state index contributed by atoms with van der Waals surface area (Å²) in [6.45, 7) is 5.84. The summed E-state index contributed by atoms with van der Waals surface area (Å²) in [6, 6.07) is 1.79. The lowest BCUT2D eigenvalue weighted by molar-refractivity contribution is -0.144. The van der Waals surface area contributed by atoms with E-state index >= 15 is 0 Å². The number of hydrogen-bond acceptors (Lipinski definition) is 4. The zero-order chi connectivity index (χ0) is 14.9. The highest BCUT2D eigenvalue weighted by molar-refractivity contribution is 14.1. The van der Waals surface area contributed by atoms with Crippen molar-refractivity contribution in [2.75, 3.05) is 6.61 Å². The lowest BCUT2D eigenvalue weighted by atomic mass is 10.2. The van der Waals surface area contributed by atoms with Gasteiger partial charge in [0.2, 0.25) is 0 Å². The van der Waals surface area contributed by atoms with Crippen LogP contribution >= 0.6 is 22.6 Å². The quantitative estimate of drug-likeness (QED) is 0.591. The summed E-state index contributed by atoms with van der Waals surface area (Å²) in [4.78, 5) is 23.9. The van der Waals surface area contributed by atoms with Crippen LogP contribution in [0.4, 0.5) is 0 Å². The number of ether oxygens (including phenoxy) is 1. The van der Waals surface area contributed by atoms with Gasteiger partial charge in [-0.05, 0) is 35.6 Å². The van der Waals surface area contributed by atoms with Crippen molar-refractivity contribution in [3.05, 3.63) is 32.0 Å². The van der Waals surface area contributed by atoms with E-state index in [1.165, 1.54) is 4.68 Å². The normalized spacial score (nSPS) is 11.2. The van der Waals surface area contributed by atoms with E-state index in [1.807, 2.05) is 20.0 Å². The highest BCUT2D eigenvalue weighted by Crippen LogP contribution is 2.16. The molecule has 0 atom stereocenters. The second-order valence-electron chi connectivity index (χ2n) is 4.69. The molecule has 6 nitrogen and oxygen atoms in total. The molecule has 2 heterocycles. The van der Waals surface area contributed by atoms with Gasteiger partial charge in [0.05, 0.1) is 6.61 Å². The summed E-state index contributed by atoms with van der Waals surface area (Å²) in [6.07, 6.45) is 1.87. The third kappa shape index (κ3) is 2.87. The maximum absolute atomic E-state index is 12.3. The first kappa shape index (κ1) is 15.0. The van der Waals surface area contributed by atoms with E-state index < -0.39 is 5.97 Å². The van der Waals surface area contributed by atoms with E-state index in [4.69, 9.17) is 4.74 Å². The maximum atomic E-state index is 12.3. The van der Waals surface area contributed by atoms with Gasteiger partial charge in [-0.1, -0.05) is 13.8 Å². The number of aromatic nitrogens is 3. The number of carbonyl (C=O) groups is 1. The third-order valence-corrected chi connectivity index (χ3v) is 3.40. The molecule has 0 unspecified atom stereocenters. The molecular formula is C13H16IN3O3. The van der Waals surface area contributed by atoms with Crippen molar-refractivity contribution in [1.29, 1.82) is 0 Å². The molecule has 0 aliphatic heterocycles. The Morgan fingerprint density at radius 2 is 2.20 bits per heavy atom. The fraction of sp³-hybridized carbons (Fsp3) is 0.462. The highest BCUT2D eigenvalue weighted by Gasteiger charge is 2.16. The van der Waals surface area contributed by atoms with Crippen molar-refractivity contribution in [3.63, 3.8) is 0 Å². The van der Waals surface area contributed by atoms with E-state index in [1.54, 1.807) is 17.4 Å². The van der Waals surface area contributed by atoms with Gasteiger partial charge in [0.15, 0.2) is 0 Å². The second-order valence-corrected chi connectivity index (χ2v) is 5.94. The second kappa shape index (κ2) is 5.94. The van der Waals surface area contributed by atoms with E-state index in [9.17, 15) is 9.59 Å². The lowest BCUT2D eigenvalue weighted by Crippen LogP contribution is -2.30. The summed E-state index contributed by atoms with van der Waals surface area (Å²) in [5.74, 6) is 0.420. The molecule has 0 saturated heterocycles. The van der Waals surface area contributed by atoms with Crippen LogP contribution in [0.25, 0.3) is 5.52 Å². The van der Waals surface area contributed by atoms with Crippen LogP contribution in [0.1, 0.15) is 32.5 Å². The zero-order valence-corrected chi connectivity index (χ0v) is 13.7. The molecule has 0 N–H and O–H groups in total. The summed E-state index contributed by atoms with van der Waals surface area (Å²) in [5, 5.41) is 4.30. The van der Waals surface area contributed by atoms with Crippen molar-refractivity contribution in [3.8, 4) is 0 Å². The molecule has 0 radical (unpaired) electrons. The van der Waals surface area contributed by atoms with Gasteiger partial charge in [-0.3, -0.25) is 14.0 Å². The molecule has 0 saturated carbocycles. The van der Waals surface area contributed by atoms with Crippen molar-refractivity contribution in [2.24, 2.45) is 0 Å². The highest BCUT2D eigenvalue weighted by atomic mass is 127. The topological polar surface area (TPSA) is 65.6 Å². The van der Waals surface area contributed by atoms with E-state index in [0.717, 1.165) is 9.39 Å². The number of fused-ring (bicyclic) bond motifs is 1. The summed E-state index contributed by atoms with van der Waals surface area (Å²) >= 11 is 2.15. The number of esters is 1. The van der Waals surface area contributed by atoms with E-state index in [2.05, 4.69) is 27.7 Å². The molecule has 0 aromatic carbocycles. The van der Waals surface area contributed by atoms with Crippen LogP contribution in [-0.2, 0) is 16.1 Å². The molecule has 20 heavy (non-hydrogen) atoms. The van der Waals surface area contributed by atoms with Gasteiger partial charge in [0.25, 0.3) is 5.56 Å². The Hall–Kier alpha value is -1.38. The Bertz CT molecular complexity index is 703. The fourth-order valence-corrected chi connectivity index (χ4v) is 2.54. The Labute approximate surface area is 129 Å². The molecule has 2 rings (SSSR count). The van der Waals surface area contributed by atoms with E-state index in [0.29, 0.717) is 5.52 Å². The zero-order valence-electron chi connectivity index (χ0n) is 11.6. The Balaban J connectivity index is 2.58. The van der Waals surface area contributed by atoms with Gasteiger partial charge >= 0.3 is 5.97 Å². The SMILES string of the molecule is CCOC(=O)Cn1nc(C(C)C)n2cc(I)cc2c1=O. The predicted molar refractivity (Wildman–Crippen MR) is 82.9 cm³/mol. The van der Waals surface area contributed by atoms with Gasteiger partial charge in [-0.25, -0.2) is 4.68 Å². The Kier molecular flexibility index (Phi) is 4.46. The third-order valence-electron chi connectivity index (χ3n) is 2.81. The van der Waals surface area contributed by atoms with Gasteiger partial charge < -0.3 is 4.74 Å². The summed E-state index contributed by atoms with van der Waals surface area (Å²) in [5.41, 5.74) is 0.239. The minimum absolute atomic E-state index is 0.134. The average Bonchev–Trinajstić information content (AvgIpc) is 2.74. The van der Waals surface area contributed by atoms with Crippen LogP contribution < -0.4 is 5.56 Å². The minimum atomic E-state index is -0.456. The number of nitrogens with zero attached hydrogens (tertiary/aromatic N) is 3. The molecule has 0 bridgehead atoms. The van der Waals surface area contributed by atoms with Gasteiger partial charge in [-0.2, -0.15) is 5.10 Å². The minimum Gasteiger partial charge on any atom is -0.465 e. The van der Waals surface area contributed by atoms with Crippen LogP contribution in [0.3, 0.4) is 0 Å². The number of rotatable bonds is 4. The molecule has 108 valence electrons. The van der Waals surface area contributed by atoms with Crippen molar-refractivity contribution >= 4 is 34.1 Å². The number of halogens is 1. The van der Waals surface area contributed by atoms with Crippen LogP contribution in [0.5, 0.6) is 0 Å². The molecular weight excluding hydrogens is 373 g/mol. The fourth-order valence-electron chi connectivity index (χ4n) is 1.96. The monoisotopic (exact) mass is 389 g/mol. The van der Waals surface area contributed by atoms with Crippen LogP contribution in [-0.4, -0.2) is 26.8 Å². The first-order valence-corrected chi connectivity index (χ1v) is 7.46. The smallest absolute Gasteiger partial charge is 0.327 e. The number of carbonyl (C=O) groups excluding carboxylic acids is 1. The Morgan fingerprint density at radius 3 is 2.80 bits per heavy atom. The maximum Gasteiger partial charge on any atom is 0.327 e. The van der Waals surface area contributed by atoms with Gasteiger partial charge in [-0.15, -0.1) is 0 Å². The number of hydrogen-bond donors (Lipinski definition) is 0. The lowest BCUT2D eigenvalue weighted by Gasteiger charge is -2.12. The average molecular weight is 389 g/mol. The largest absolute Gasteiger partial charge is 0.465 e. The molecule has 0 amide bonds. The molecule has 0 aliphatic rings. The van der Waals surface area contributed by atoms with E-state index in [-0.39, 0.29) is 24.6 Å². The van der Waals surface area contributed by atoms with Crippen LogP contribution in [0.15, 0.2) is 17.1 Å². The molecule has 2 aromatic rings. The molecule has 2 aromatic heterocycles. The Morgan fingerprint density at radius 1 is 1.50 bits per heavy atom. The summed E-state index contributed by atoms with van der Waals surface area (Å²) in [7, 11) is 0. The molecule has 0 fully saturated rings. The molecule has 0 aliphatic carbocycles. The van der Waals surface area contributed by atoms with Gasteiger partial charge in [0, 0.05) is 15.7 Å². The van der Waals surface area contributed by atoms with Crippen LogP contribution in [0, 0.1) is 3.57 Å². The van der Waals surface area contributed by atoms with Gasteiger partial charge in [0.1, 0.15) is 17.9 Å². The van der Waals surface area contributed by atoms with Crippen molar-refractivity contribution in [2.45, 2.75) is 33.2 Å². The van der Waals surface area contributed by atoms with Crippen molar-refractivity contribution < 1.29 is 9.53 Å². The predicted octanol–water partition coefficient (Wildman–Crippen LogP) is 1.79. The molecule has 7 heteroatoms. The first-order chi connectivity index (χ1) is 9.43. The standard InChI is InChI=1S/C13H16IN3O3/c1-4-20-11(18)7-17-13(19)10-5-9(14)6-16(10)12(15-17)8(2)3/h5-6,8H,4,7H2,1-3H3. The summed E-state index contributed by atoms with van der Waals surface area (Å²) < 4.78 is 8.79. The molecule has 0 spiro atoms. The first-order valence-electron chi connectivity index (χ1n) is 6.38.